The summed E-state index contributed by atoms with van der Waals surface area (Å²) in [4.78, 5) is 13.1. The van der Waals surface area contributed by atoms with Crippen molar-refractivity contribution in [2.24, 2.45) is 40.9 Å². The highest BCUT2D eigenvalue weighted by molar-refractivity contribution is 6.04. The Morgan fingerprint density at radius 2 is 1.83 bits per heavy atom. The van der Waals surface area contributed by atoms with Crippen LogP contribution in [0.3, 0.4) is 0 Å². The van der Waals surface area contributed by atoms with Crippen molar-refractivity contribution in [3.05, 3.63) is 12.2 Å². The lowest BCUT2D eigenvalue weighted by Gasteiger charge is -2.63. The van der Waals surface area contributed by atoms with Crippen LogP contribution in [0.1, 0.15) is 46.0 Å². The minimum absolute atomic E-state index is 0.0298. The number of fused-ring (bicyclic) bond motifs is 3. The molecule has 0 aliphatic heterocycles. The Morgan fingerprint density at radius 3 is 2.52 bits per heavy atom. The molecule has 0 amide bonds. The highest BCUT2D eigenvalue weighted by Gasteiger charge is 2.77. The number of carbonyl (C=O) groups excluding carboxylic acids is 1. The van der Waals surface area contributed by atoms with Crippen molar-refractivity contribution < 1.29 is 20.1 Å². The Balaban J connectivity index is 1.91. The summed E-state index contributed by atoms with van der Waals surface area (Å²) < 4.78 is 0. The predicted molar refractivity (Wildman–Crippen MR) is 85.1 cm³/mol. The van der Waals surface area contributed by atoms with Gasteiger partial charge < -0.3 is 15.3 Å². The number of Topliss-reactive ketones (excluding diaryl/α,β-unsaturated/α-hetero) is 1. The van der Waals surface area contributed by atoms with E-state index < -0.39 is 17.3 Å². The molecule has 0 aromatic carbocycles. The number of hydrogen-bond donors (Lipinski definition) is 3. The fourth-order valence-electron chi connectivity index (χ4n) is 7.11. The van der Waals surface area contributed by atoms with E-state index >= 15 is 0 Å². The van der Waals surface area contributed by atoms with Crippen LogP contribution in [0.15, 0.2) is 12.2 Å². The molecule has 4 aliphatic rings. The molecule has 8 atom stereocenters. The second kappa shape index (κ2) is 4.68. The third-order valence-corrected chi connectivity index (χ3v) is 8.06. The number of allylic oxidation sites excluding steroid dienone is 1. The van der Waals surface area contributed by atoms with E-state index in [9.17, 15) is 20.1 Å². The number of carbonyl (C=O) groups is 1. The van der Waals surface area contributed by atoms with Crippen LogP contribution in [-0.2, 0) is 4.79 Å². The van der Waals surface area contributed by atoms with Crippen molar-refractivity contribution in [2.75, 3.05) is 0 Å². The maximum absolute atomic E-state index is 13.1. The number of ketones is 1. The van der Waals surface area contributed by atoms with Gasteiger partial charge in [-0.05, 0) is 60.3 Å². The molecule has 4 rings (SSSR count). The van der Waals surface area contributed by atoms with Gasteiger partial charge in [0, 0.05) is 0 Å². The summed E-state index contributed by atoms with van der Waals surface area (Å²) in [5, 5.41) is 33.0. The van der Waals surface area contributed by atoms with Gasteiger partial charge in [-0.1, -0.05) is 33.3 Å². The van der Waals surface area contributed by atoms with E-state index in [4.69, 9.17) is 0 Å². The molecule has 1 spiro atoms. The van der Waals surface area contributed by atoms with E-state index in [1.165, 1.54) is 0 Å². The van der Waals surface area contributed by atoms with E-state index in [1.54, 1.807) is 0 Å². The zero-order valence-corrected chi connectivity index (χ0v) is 14.0. The van der Waals surface area contributed by atoms with Crippen LogP contribution in [0, 0.1) is 40.9 Å². The zero-order chi connectivity index (χ0) is 16.7. The van der Waals surface area contributed by atoms with Crippen LogP contribution < -0.4 is 0 Å². The van der Waals surface area contributed by atoms with Crippen LogP contribution in [-0.4, -0.2) is 33.0 Å². The Labute approximate surface area is 137 Å². The second-order valence-corrected chi connectivity index (χ2v) is 8.62. The average molecular weight is 320 g/mol. The number of aliphatic hydroxyl groups is 3. The average Bonchev–Trinajstić information content (AvgIpc) is 2.62. The van der Waals surface area contributed by atoms with Gasteiger partial charge in [0.2, 0.25) is 5.79 Å². The molecule has 3 unspecified atom stereocenters. The van der Waals surface area contributed by atoms with Crippen LogP contribution in [0.5, 0.6) is 0 Å². The molecule has 23 heavy (non-hydrogen) atoms. The monoisotopic (exact) mass is 320 g/mol. The van der Waals surface area contributed by atoms with Crippen LogP contribution in [0.2, 0.25) is 0 Å². The van der Waals surface area contributed by atoms with Crippen molar-refractivity contribution in [3.8, 4) is 0 Å². The van der Waals surface area contributed by atoms with Gasteiger partial charge in [-0.15, -0.1) is 0 Å². The third kappa shape index (κ3) is 1.56. The highest BCUT2D eigenvalue weighted by atomic mass is 16.5. The fourth-order valence-corrected chi connectivity index (χ4v) is 7.11. The largest absolute Gasteiger partial charge is 0.387 e. The first-order chi connectivity index (χ1) is 10.8. The predicted octanol–water partition coefficient (Wildman–Crippen LogP) is 1.88. The van der Waals surface area contributed by atoms with Crippen LogP contribution in [0.4, 0.5) is 0 Å². The molecule has 128 valence electrons. The molecular formula is C19H28O4. The van der Waals surface area contributed by atoms with Gasteiger partial charge in [0.1, 0.15) is 6.10 Å². The van der Waals surface area contributed by atoms with Gasteiger partial charge in [-0.2, -0.15) is 0 Å². The molecule has 4 fully saturated rings. The minimum Gasteiger partial charge on any atom is -0.387 e. The molecular weight excluding hydrogens is 292 g/mol. The Kier molecular flexibility index (Phi) is 3.21. The summed E-state index contributed by atoms with van der Waals surface area (Å²) >= 11 is 0. The summed E-state index contributed by atoms with van der Waals surface area (Å²) in [7, 11) is 0. The molecule has 0 aromatic heterocycles. The molecule has 0 aromatic rings. The molecule has 0 saturated heterocycles. The normalized spacial score (nSPS) is 54.6. The lowest BCUT2D eigenvalue weighted by atomic mass is 9.44. The molecule has 0 heterocycles. The van der Waals surface area contributed by atoms with Crippen LogP contribution in [0.25, 0.3) is 0 Å². The van der Waals surface area contributed by atoms with E-state index in [-0.39, 0.29) is 41.3 Å². The lowest BCUT2D eigenvalue weighted by molar-refractivity contribution is -0.354. The van der Waals surface area contributed by atoms with Crippen LogP contribution >= 0.6 is 0 Å². The number of hydrogen-bond acceptors (Lipinski definition) is 4. The SMILES string of the molecule is C=C1C(=O)[C@@]23C(CC[C@@H]1[C@H]2C)C1CCC[C@H](C)C1[C@H](O)C3(O)O. The summed E-state index contributed by atoms with van der Waals surface area (Å²) in [6.45, 7) is 8.02. The third-order valence-electron chi connectivity index (χ3n) is 8.06. The van der Waals surface area contributed by atoms with Gasteiger partial charge in [0.05, 0.1) is 5.41 Å². The van der Waals surface area contributed by atoms with E-state index in [2.05, 4.69) is 13.5 Å². The maximum Gasteiger partial charge on any atom is 0.203 e. The Bertz CT molecular complexity index is 568. The number of rotatable bonds is 0. The van der Waals surface area contributed by atoms with E-state index in [0.29, 0.717) is 5.57 Å². The van der Waals surface area contributed by atoms with Crippen molar-refractivity contribution in [2.45, 2.75) is 57.8 Å². The number of aliphatic hydroxyl groups excluding tert-OH is 1. The summed E-state index contributed by atoms with van der Waals surface area (Å²) in [5.41, 5.74) is -0.716. The second-order valence-electron chi connectivity index (χ2n) is 8.62. The van der Waals surface area contributed by atoms with E-state index in [0.717, 1.165) is 32.1 Å². The standard InChI is InChI=1S/C19H28O4/c1-9-5-4-6-13-14-8-7-12-10(2)16(20)18(14,11(12)3)19(22,23)17(21)15(9)13/h9,11-15,17,21-23H,2,4-8H2,1,3H3/t9-,11+,12-,13?,14?,15?,17-,18-/m0/s1. The van der Waals surface area contributed by atoms with Gasteiger partial charge in [-0.25, -0.2) is 0 Å². The first-order valence-corrected chi connectivity index (χ1v) is 9.12. The molecule has 4 saturated carbocycles. The molecule has 4 heteroatoms. The topological polar surface area (TPSA) is 77.8 Å². The first kappa shape index (κ1) is 15.8. The molecule has 4 aliphatic carbocycles. The molecule has 2 bridgehead atoms. The highest BCUT2D eigenvalue weighted by Crippen LogP contribution is 2.69. The van der Waals surface area contributed by atoms with Crippen molar-refractivity contribution in [1.82, 2.24) is 0 Å². The quantitative estimate of drug-likeness (QED) is 0.470. The first-order valence-electron chi connectivity index (χ1n) is 9.12. The smallest absolute Gasteiger partial charge is 0.203 e. The molecule has 4 nitrogen and oxygen atoms in total. The molecule has 3 N–H and O–H groups in total. The Morgan fingerprint density at radius 1 is 1.13 bits per heavy atom. The van der Waals surface area contributed by atoms with Crippen molar-refractivity contribution in [3.63, 3.8) is 0 Å². The Hall–Kier alpha value is -0.710. The van der Waals surface area contributed by atoms with Gasteiger partial charge >= 0.3 is 0 Å². The lowest BCUT2D eigenvalue weighted by Crippen LogP contribution is -2.73. The maximum atomic E-state index is 13.1. The van der Waals surface area contributed by atoms with Crippen molar-refractivity contribution in [1.29, 1.82) is 0 Å². The summed E-state index contributed by atoms with van der Waals surface area (Å²) in [6, 6.07) is 0. The zero-order valence-electron chi connectivity index (χ0n) is 14.0. The van der Waals surface area contributed by atoms with Gasteiger partial charge in [0.15, 0.2) is 5.78 Å². The fraction of sp³-hybridized carbons (Fsp3) is 0.842. The van der Waals surface area contributed by atoms with Gasteiger partial charge in [-0.3, -0.25) is 4.79 Å². The minimum atomic E-state index is -2.35. The van der Waals surface area contributed by atoms with Gasteiger partial charge in [0.25, 0.3) is 0 Å². The summed E-state index contributed by atoms with van der Waals surface area (Å²) in [6.07, 6.45) is 3.57. The van der Waals surface area contributed by atoms with E-state index in [1.807, 2.05) is 6.92 Å². The molecule has 0 radical (unpaired) electrons. The summed E-state index contributed by atoms with van der Waals surface area (Å²) in [5.74, 6) is -2.39. The van der Waals surface area contributed by atoms with Crippen molar-refractivity contribution >= 4 is 5.78 Å².